The number of benzene rings is 2. The highest BCUT2D eigenvalue weighted by Crippen LogP contribution is 2.19. The Morgan fingerprint density at radius 2 is 1.86 bits per heavy atom. The van der Waals surface area contributed by atoms with Crippen molar-refractivity contribution < 1.29 is 14.3 Å². The molecule has 0 bridgehead atoms. The third-order valence-electron chi connectivity index (χ3n) is 3.74. The lowest BCUT2D eigenvalue weighted by atomic mass is 10.3. The van der Waals surface area contributed by atoms with Crippen molar-refractivity contribution in [3.8, 4) is 5.75 Å². The van der Waals surface area contributed by atoms with Crippen LogP contribution in [0.15, 0.2) is 53.4 Å². The van der Waals surface area contributed by atoms with Crippen LogP contribution in [0.1, 0.15) is 14.8 Å². The molecule has 1 heterocycles. The molecule has 3 rings (SSSR count). The molecule has 2 aromatic carbocycles. The number of nitrogens with one attached hydrogen (secondary N) is 3. The average molecular weight is 430 g/mol. The molecule has 0 spiro atoms. The van der Waals surface area contributed by atoms with Crippen molar-refractivity contribution in [1.82, 2.24) is 15.5 Å². The molecule has 0 fully saturated rings. The number of methoxy groups -OCH3 is 1. The highest BCUT2D eigenvalue weighted by Gasteiger charge is 2.14. The summed E-state index contributed by atoms with van der Waals surface area (Å²) in [6, 6.07) is 14.1. The summed E-state index contributed by atoms with van der Waals surface area (Å²) in [6.45, 7) is 0.168. The number of hydrogen-bond donors (Lipinski definition) is 3. The maximum absolute atomic E-state index is 12.3. The molecule has 0 aliphatic heterocycles. The summed E-state index contributed by atoms with van der Waals surface area (Å²) in [5, 5.41) is 16.8. The smallest absolute Gasteiger partial charge is 0.319 e. The van der Waals surface area contributed by atoms with Crippen LogP contribution in [0.3, 0.4) is 0 Å². The molecule has 3 aromatic rings. The minimum Gasteiger partial charge on any atom is -0.497 e. The summed E-state index contributed by atoms with van der Waals surface area (Å²) in [5.41, 5.74) is 1.32. The number of thioether (sulfide) groups is 1. The molecule has 0 saturated carbocycles. The van der Waals surface area contributed by atoms with Crippen molar-refractivity contribution in [1.29, 1.82) is 0 Å². The first kappa shape index (κ1) is 20.6. The third-order valence-corrected chi connectivity index (χ3v) is 5.38. The van der Waals surface area contributed by atoms with Gasteiger partial charge in [0, 0.05) is 16.3 Å². The van der Waals surface area contributed by atoms with Gasteiger partial charge in [-0.25, -0.2) is 4.79 Å². The zero-order chi connectivity index (χ0) is 20.6. The van der Waals surface area contributed by atoms with E-state index in [9.17, 15) is 9.59 Å². The SMILES string of the molecule is COc1ccc(NC(=O)c2nnc(CNC(=O)Nc3cccc(SC)c3)s2)cc1. The first-order chi connectivity index (χ1) is 14.1. The van der Waals surface area contributed by atoms with E-state index in [2.05, 4.69) is 26.1 Å². The lowest BCUT2D eigenvalue weighted by molar-refractivity contribution is 0.102. The number of anilines is 2. The van der Waals surface area contributed by atoms with Gasteiger partial charge in [-0.2, -0.15) is 0 Å². The van der Waals surface area contributed by atoms with Crippen molar-refractivity contribution in [3.63, 3.8) is 0 Å². The number of rotatable bonds is 7. The Balaban J connectivity index is 1.51. The van der Waals surface area contributed by atoms with E-state index < -0.39 is 0 Å². The van der Waals surface area contributed by atoms with Crippen LogP contribution in [0.2, 0.25) is 0 Å². The van der Waals surface area contributed by atoms with E-state index >= 15 is 0 Å². The lowest BCUT2D eigenvalue weighted by Crippen LogP contribution is -2.28. The number of aromatic nitrogens is 2. The molecule has 150 valence electrons. The second kappa shape index (κ2) is 9.89. The van der Waals surface area contributed by atoms with E-state index in [1.807, 2.05) is 30.5 Å². The zero-order valence-corrected chi connectivity index (χ0v) is 17.4. The lowest BCUT2D eigenvalue weighted by Gasteiger charge is -2.07. The van der Waals surface area contributed by atoms with Gasteiger partial charge in [0.2, 0.25) is 5.01 Å². The minimum atomic E-state index is -0.364. The predicted molar refractivity (Wildman–Crippen MR) is 115 cm³/mol. The molecule has 0 radical (unpaired) electrons. The maximum Gasteiger partial charge on any atom is 0.319 e. The molecule has 0 atom stereocenters. The van der Waals surface area contributed by atoms with Gasteiger partial charge in [0.05, 0.1) is 13.7 Å². The van der Waals surface area contributed by atoms with Crippen molar-refractivity contribution in [2.75, 3.05) is 24.0 Å². The second-order valence-electron chi connectivity index (χ2n) is 5.72. The number of carbonyl (C=O) groups excluding carboxylic acids is 2. The Bertz CT molecular complexity index is 992. The van der Waals surface area contributed by atoms with E-state index in [-0.39, 0.29) is 23.5 Å². The second-order valence-corrected chi connectivity index (χ2v) is 7.66. The fourth-order valence-corrected chi connectivity index (χ4v) is 3.44. The fourth-order valence-electron chi connectivity index (χ4n) is 2.31. The normalized spacial score (nSPS) is 10.3. The summed E-state index contributed by atoms with van der Waals surface area (Å²) >= 11 is 2.71. The number of nitrogens with zero attached hydrogens (tertiary/aromatic N) is 2. The van der Waals surface area contributed by atoms with Crippen molar-refractivity contribution >= 4 is 46.4 Å². The molecular weight excluding hydrogens is 410 g/mol. The number of amides is 3. The summed E-state index contributed by atoms with van der Waals surface area (Å²) in [7, 11) is 1.58. The average Bonchev–Trinajstić information content (AvgIpc) is 3.22. The Labute approximate surface area is 176 Å². The summed E-state index contributed by atoms with van der Waals surface area (Å²) in [5.74, 6) is 0.336. The van der Waals surface area contributed by atoms with Gasteiger partial charge in [-0.05, 0) is 48.7 Å². The quantitative estimate of drug-likeness (QED) is 0.493. The van der Waals surface area contributed by atoms with Gasteiger partial charge in [-0.15, -0.1) is 22.0 Å². The largest absolute Gasteiger partial charge is 0.497 e. The van der Waals surface area contributed by atoms with Gasteiger partial charge in [-0.1, -0.05) is 17.4 Å². The van der Waals surface area contributed by atoms with E-state index in [4.69, 9.17) is 4.74 Å². The van der Waals surface area contributed by atoms with E-state index in [1.165, 1.54) is 0 Å². The molecule has 8 nitrogen and oxygen atoms in total. The minimum absolute atomic E-state index is 0.168. The molecule has 0 saturated heterocycles. The van der Waals surface area contributed by atoms with Crippen LogP contribution < -0.4 is 20.7 Å². The third kappa shape index (κ3) is 5.93. The van der Waals surface area contributed by atoms with Crippen molar-refractivity contribution in [3.05, 3.63) is 58.5 Å². The molecule has 1 aromatic heterocycles. The number of urea groups is 1. The summed E-state index contributed by atoms with van der Waals surface area (Å²) < 4.78 is 5.08. The van der Waals surface area contributed by atoms with Crippen molar-refractivity contribution in [2.45, 2.75) is 11.4 Å². The molecule has 3 amide bonds. The molecular formula is C19H19N5O3S2. The zero-order valence-electron chi connectivity index (χ0n) is 15.8. The van der Waals surface area contributed by atoms with Crippen LogP contribution >= 0.6 is 23.1 Å². The van der Waals surface area contributed by atoms with E-state index in [0.29, 0.717) is 22.1 Å². The fraction of sp³-hybridized carbons (Fsp3) is 0.158. The van der Waals surface area contributed by atoms with Crippen LogP contribution in [0.25, 0.3) is 0 Å². The molecule has 0 aliphatic carbocycles. The van der Waals surface area contributed by atoms with Gasteiger partial charge < -0.3 is 20.7 Å². The topological polar surface area (TPSA) is 105 Å². The monoisotopic (exact) mass is 429 g/mol. The Kier molecular flexibility index (Phi) is 7.04. The number of hydrogen-bond acceptors (Lipinski definition) is 7. The number of carbonyl (C=O) groups is 2. The molecule has 0 unspecified atom stereocenters. The van der Waals surface area contributed by atoms with Crippen LogP contribution in [-0.4, -0.2) is 35.5 Å². The Morgan fingerprint density at radius 3 is 2.59 bits per heavy atom. The maximum atomic E-state index is 12.3. The van der Waals surface area contributed by atoms with E-state index in [1.54, 1.807) is 43.1 Å². The first-order valence-electron chi connectivity index (χ1n) is 8.54. The first-order valence-corrected chi connectivity index (χ1v) is 10.6. The van der Waals surface area contributed by atoms with E-state index in [0.717, 1.165) is 16.2 Å². The summed E-state index contributed by atoms with van der Waals surface area (Å²) in [6.07, 6.45) is 1.97. The van der Waals surface area contributed by atoms with Gasteiger partial charge >= 0.3 is 6.03 Å². The van der Waals surface area contributed by atoms with Gasteiger partial charge in [0.25, 0.3) is 5.91 Å². The van der Waals surface area contributed by atoms with Crippen LogP contribution in [-0.2, 0) is 6.54 Å². The highest BCUT2D eigenvalue weighted by atomic mass is 32.2. The van der Waals surface area contributed by atoms with Gasteiger partial charge in [-0.3, -0.25) is 4.79 Å². The molecule has 29 heavy (non-hydrogen) atoms. The molecule has 0 aliphatic rings. The van der Waals surface area contributed by atoms with Crippen LogP contribution in [0.5, 0.6) is 5.75 Å². The predicted octanol–water partition coefficient (Wildman–Crippen LogP) is 3.84. The van der Waals surface area contributed by atoms with Crippen LogP contribution in [0, 0.1) is 0 Å². The van der Waals surface area contributed by atoms with Crippen LogP contribution in [0.4, 0.5) is 16.2 Å². The van der Waals surface area contributed by atoms with Gasteiger partial charge in [0.1, 0.15) is 10.8 Å². The summed E-state index contributed by atoms with van der Waals surface area (Å²) in [4.78, 5) is 25.4. The highest BCUT2D eigenvalue weighted by molar-refractivity contribution is 7.98. The van der Waals surface area contributed by atoms with Gasteiger partial charge in [0.15, 0.2) is 0 Å². The Hall–Kier alpha value is -3.11. The Morgan fingerprint density at radius 1 is 1.07 bits per heavy atom. The van der Waals surface area contributed by atoms with Crippen molar-refractivity contribution in [2.24, 2.45) is 0 Å². The standard InChI is InChI=1S/C19H19N5O3S2/c1-27-14-8-6-12(7-9-14)21-17(25)18-24-23-16(29-18)11-20-19(26)22-13-4-3-5-15(10-13)28-2/h3-10H,11H2,1-2H3,(H,21,25)(H2,20,22,26). The number of ether oxygens (including phenoxy) is 1. The molecule has 3 N–H and O–H groups in total. The molecule has 10 heteroatoms.